The van der Waals surface area contributed by atoms with Gasteiger partial charge in [0.2, 0.25) is 5.89 Å². The number of oxazole rings is 1. The third-order valence-corrected chi connectivity index (χ3v) is 4.59. The number of halogens is 1. The maximum atomic E-state index is 13.3. The lowest BCUT2D eigenvalue weighted by Crippen LogP contribution is -2.37. The number of benzene rings is 1. The van der Waals surface area contributed by atoms with Crippen LogP contribution in [0.25, 0.3) is 11.5 Å². The molecule has 0 unspecified atom stereocenters. The first-order valence-corrected chi connectivity index (χ1v) is 8.57. The van der Waals surface area contributed by atoms with Crippen LogP contribution in [0.5, 0.6) is 0 Å². The highest BCUT2D eigenvalue weighted by atomic mass is 19.1. The molecule has 0 atom stereocenters. The second-order valence-corrected chi connectivity index (χ2v) is 6.32. The quantitative estimate of drug-likeness (QED) is 0.782. The minimum absolute atomic E-state index is 0.301. The van der Waals surface area contributed by atoms with Gasteiger partial charge < -0.3 is 4.42 Å². The first kappa shape index (κ1) is 16.7. The molecular weight excluding hydrogens is 305 g/mol. The highest BCUT2D eigenvalue weighted by Gasteiger charge is 2.22. The Hall–Kier alpha value is -2.19. The summed E-state index contributed by atoms with van der Waals surface area (Å²) in [6.07, 6.45) is 8.33. The highest BCUT2D eigenvalue weighted by molar-refractivity contribution is 5.52. The Morgan fingerprint density at radius 2 is 2.12 bits per heavy atom. The smallest absolute Gasteiger partial charge is 0.226 e. The molecule has 1 saturated carbocycles. The number of aromatic nitrogens is 1. The summed E-state index contributed by atoms with van der Waals surface area (Å²) in [6, 6.07) is 9.01. The van der Waals surface area contributed by atoms with Gasteiger partial charge >= 0.3 is 0 Å². The Kier molecular flexibility index (Phi) is 5.60. The minimum Gasteiger partial charge on any atom is -0.444 e. The molecule has 126 valence electrons. The second-order valence-electron chi connectivity index (χ2n) is 6.32. The molecule has 5 heteroatoms. The van der Waals surface area contributed by atoms with Gasteiger partial charge in [0.15, 0.2) is 0 Å². The van der Waals surface area contributed by atoms with E-state index in [0.717, 1.165) is 12.2 Å². The van der Waals surface area contributed by atoms with Crippen LogP contribution in [-0.4, -0.2) is 22.5 Å². The lowest BCUT2D eigenvalue weighted by atomic mass is 9.94. The lowest BCUT2D eigenvalue weighted by molar-refractivity contribution is 0.149. The van der Waals surface area contributed by atoms with Crippen molar-refractivity contribution in [2.24, 2.45) is 0 Å². The topological polar surface area (TPSA) is 53.1 Å². The van der Waals surface area contributed by atoms with Gasteiger partial charge in [-0.3, -0.25) is 4.90 Å². The number of nitriles is 1. The van der Waals surface area contributed by atoms with Crippen LogP contribution in [0, 0.1) is 17.1 Å². The molecule has 1 aromatic heterocycles. The Labute approximate surface area is 141 Å². The zero-order valence-electron chi connectivity index (χ0n) is 13.7. The Bertz CT molecular complexity index is 701. The second kappa shape index (κ2) is 8.07. The van der Waals surface area contributed by atoms with Crippen molar-refractivity contribution in [2.75, 3.05) is 6.54 Å². The first-order chi connectivity index (χ1) is 11.8. The Balaban J connectivity index is 1.71. The minimum atomic E-state index is -0.301. The Morgan fingerprint density at radius 1 is 1.29 bits per heavy atom. The molecule has 1 fully saturated rings. The SMILES string of the molecule is N#CCCN(Cc1coc(-c2cccc(F)c2)n1)C1CCCCC1. The van der Waals surface area contributed by atoms with E-state index < -0.39 is 0 Å². The van der Waals surface area contributed by atoms with Gasteiger partial charge in [-0.2, -0.15) is 5.26 Å². The van der Waals surface area contributed by atoms with Gasteiger partial charge in [-0.25, -0.2) is 9.37 Å². The molecule has 3 rings (SSSR count). The van der Waals surface area contributed by atoms with Gasteiger partial charge in [-0.1, -0.05) is 25.3 Å². The average Bonchev–Trinajstić information content (AvgIpc) is 3.08. The fraction of sp³-hybridized carbons (Fsp3) is 0.474. The van der Waals surface area contributed by atoms with Gasteiger partial charge in [-0.05, 0) is 31.0 Å². The van der Waals surface area contributed by atoms with E-state index in [1.807, 2.05) is 0 Å². The van der Waals surface area contributed by atoms with Crippen LogP contribution in [0.4, 0.5) is 4.39 Å². The summed E-state index contributed by atoms with van der Waals surface area (Å²) in [4.78, 5) is 6.85. The van der Waals surface area contributed by atoms with E-state index in [2.05, 4.69) is 16.0 Å². The molecule has 0 bridgehead atoms. The molecule has 1 aliphatic rings. The van der Waals surface area contributed by atoms with Crippen LogP contribution >= 0.6 is 0 Å². The number of hydrogen-bond acceptors (Lipinski definition) is 4. The molecule has 1 aromatic carbocycles. The standard InChI is InChI=1S/C19H22FN3O/c20-16-7-4-6-15(12-16)19-22-17(14-24-19)13-23(11-5-10-21)18-8-2-1-3-9-18/h4,6-7,12,14,18H,1-3,5,8-9,11,13H2. The normalized spacial score (nSPS) is 15.5. The summed E-state index contributed by atoms with van der Waals surface area (Å²) < 4.78 is 18.9. The first-order valence-electron chi connectivity index (χ1n) is 8.57. The van der Waals surface area contributed by atoms with E-state index in [4.69, 9.17) is 9.68 Å². The van der Waals surface area contributed by atoms with Crippen molar-refractivity contribution in [3.05, 3.63) is 42.0 Å². The van der Waals surface area contributed by atoms with Crippen molar-refractivity contribution in [3.63, 3.8) is 0 Å². The van der Waals surface area contributed by atoms with E-state index in [-0.39, 0.29) is 5.82 Å². The average molecular weight is 327 g/mol. The zero-order valence-corrected chi connectivity index (χ0v) is 13.7. The van der Waals surface area contributed by atoms with Crippen LogP contribution in [0.2, 0.25) is 0 Å². The van der Waals surface area contributed by atoms with Crippen molar-refractivity contribution < 1.29 is 8.81 Å². The summed E-state index contributed by atoms with van der Waals surface area (Å²) in [5.74, 6) is 0.137. The van der Waals surface area contributed by atoms with E-state index in [1.165, 1.54) is 44.2 Å². The number of nitrogens with zero attached hydrogens (tertiary/aromatic N) is 3. The van der Waals surface area contributed by atoms with Gasteiger partial charge in [0, 0.05) is 31.1 Å². The summed E-state index contributed by atoms with van der Waals surface area (Å²) in [7, 11) is 0. The highest BCUT2D eigenvalue weighted by Crippen LogP contribution is 2.25. The third-order valence-electron chi connectivity index (χ3n) is 4.59. The van der Waals surface area contributed by atoms with Gasteiger partial charge in [0.05, 0.1) is 11.8 Å². The van der Waals surface area contributed by atoms with Crippen molar-refractivity contribution in [1.29, 1.82) is 5.26 Å². The monoisotopic (exact) mass is 327 g/mol. The van der Waals surface area contributed by atoms with Crippen LogP contribution < -0.4 is 0 Å². The summed E-state index contributed by atoms with van der Waals surface area (Å²) in [5.41, 5.74) is 1.47. The van der Waals surface area contributed by atoms with Crippen molar-refractivity contribution in [1.82, 2.24) is 9.88 Å². The van der Waals surface area contributed by atoms with Crippen molar-refractivity contribution in [2.45, 2.75) is 51.1 Å². The van der Waals surface area contributed by atoms with E-state index in [0.29, 0.717) is 30.5 Å². The summed E-state index contributed by atoms with van der Waals surface area (Å²) in [6.45, 7) is 1.43. The fourth-order valence-electron chi connectivity index (χ4n) is 3.37. The number of rotatable bonds is 6. The summed E-state index contributed by atoms with van der Waals surface area (Å²) in [5, 5.41) is 8.91. The van der Waals surface area contributed by atoms with Crippen LogP contribution in [0.3, 0.4) is 0 Å². The molecular formula is C19H22FN3O. The van der Waals surface area contributed by atoms with Gasteiger partial charge in [0.1, 0.15) is 12.1 Å². The largest absolute Gasteiger partial charge is 0.444 e. The Morgan fingerprint density at radius 3 is 2.88 bits per heavy atom. The molecule has 0 N–H and O–H groups in total. The predicted molar refractivity (Wildman–Crippen MR) is 89.4 cm³/mol. The maximum Gasteiger partial charge on any atom is 0.226 e. The third kappa shape index (κ3) is 4.21. The molecule has 0 amide bonds. The van der Waals surface area contributed by atoms with E-state index >= 15 is 0 Å². The zero-order chi connectivity index (χ0) is 16.8. The molecule has 4 nitrogen and oxygen atoms in total. The molecule has 0 radical (unpaired) electrons. The van der Waals surface area contributed by atoms with Gasteiger partial charge in [0.25, 0.3) is 0 Å². The van der Waals surface area contributed by atoms with Crippen molar-refractivity contribution in [3.8, 4) is 17.5 Å². The van der Waals surface area contributed by atoms with Gasteiger partial charge in [-0.15, -0.1) is 0 Å². The molecule has 1 aliphatic carbocycles. The van der Waals surface area contributed by atoms with Crippen LogP contribution in [-0.2, 0) is 6.54 Å². The molecule has 0 saturated heterocycles. The molecule has 0 spiro atoms. The molecule has 1 heterocycles. The summed E-state index contributed by atoms with van der Waals surface area (Å²) >= 11 is 0. The maximum absolute atomic E-state index is 13.3. The molecule has 24 heavy (non-hydrogen) atoms. The molecule has 0 aliphatic heterocycles. The molecule has 2 aromatic rings. The van der Waals surface area contributed by atoms with E-state index in [9.17, 15) is 4.39 Å². The predicted octanol–water partition coefficient (Wildman–Crippen LogP) is 4.53. The lowest BCUT2D eigenvalue weighted by Gasteiger charge is -2.33. The number of hydrogen-bond donors (Lipinski definition) is 0. The van der Waals surface area contributed by atoms with E-state index in [1.54, 1.807) is 18.4 Å². The van der Waals surface area contributed by atoms with Crippen molar-refractivity contribution >= 4 is 0 Å². The fourth-order valence-corrected chi connectivity index (χ4v) is 3.37. The van der Waals surface area contributed by atoms with Crippen LogP contribution in [0.15, 0.2) is 34.9 Å². The van der Waals surface area contributed by atoms with Crippen LogP contribution in [0.1, 0.15) is 44.2 Å².